The predicted octanol–water partition coefficient (Wildman–Crippen LogP) is 0.720. The van der Waals surface area contributed by atoms with Gasteiger partial charge in [0, 0.05) is 50.6 Å². The molecule has 2 aliphatic heterocycles. The molecule has 0 radical (unpaired) electrons. The van der Waals surface area contributed by atoms with Crippen LogP contribution in [0.15, 0.2) is 10.6 Å². The van der Waals surface area contributed by atoms with Crippen molar-refractivity contribution in [2.75, 3.05) is 31.9 Å². The first-order valence-corrected chi connectivity index (χ1v) is 10.3. The third-order valence-corrected chi connectivity index (χ3v) is 7.57. The molecular formula is C16H23N3O5S. The SMILES string of the molecule is CCS(=O)(=O)N1C[C@@H]2CN(Cc3cc(C4CC4)on3)C[C@]2(C(=O)O)C1. The van der Waals surface area contributed by atoms with Crippen LogP contribution in [-0.4, -0.2) is 65.8 Å². The standard InChI is InChI=1S/C16H23N3O5S/c1-2-25(22,23)19-7-12-6-18(9-16(12,10-19)15(20)21)8-13-5-14(24-17-13)11-3-4-11/h5,11-12H,2-4,6-10H2,1H3,(H,20,21)/t12-,16-/m0/s1. The molecule has 4 rings (SSSR count). The zero-order valence-corrected chi connectivity index (χ0v) is 15.0. The number of aliphatic carboxylic acids is 1. The third-order valence-electron chi connectivity index (χ3n) is 5.77. The zero-order valence-electron chi connectivity index (χ0n) is 14.2. The molecule has 2 saturated heterocycles. The van der Waals surface area contributed by atoms with Gasteiger partial charge >= 0.3 is 5.97 Å². The van der Waals surface area contributed by atoms with E-state index < -0.39 is 21.4 Å². The Morgan fingerprint density at radius 3 is 2.76 bits per heavy atom. The van der Waals surface area contributed by atoms with Crippen molar-refractivity contribution in [1.29, 1.82) is 0 Å². The topological polar surface area (TPSA) is 104 Å². The molecule has 1 aromatic rings. The van der Waals surface area contributed by atoms with Crippen LogP contribution in [-0.2, 0) is 21.4 Å². The Hall–Kier alpha value is -1.45. The van der Waals surface area contributed by atoms with Gasteiger partial charge in [0.2, 0.25) is 10.0 Å². The maximum atomic E-state index is 12.1. The highest BCUT2D eigenvalue weighted by molar-refractivity contribution is 7.89. The van der Waals surface area contributed by atoms with Gasteiger partial charge in [-0.25, -0.2) is 12.7 Å². The quantitative estimate of drug-likeness (QED) is 0.788. The summed E-state index contributed by atoms with van der Waals surface area (Å²) in [5, 5.41) is 13.9. The summed E-state index contributed by atoms with van der Waals surface area (Å²) in [5.74, 6) is 0.316. The molecule has 3 heterocycles. The number of aromatic nitrogens is 1. The molecule has 1 N–H and O–H groups in total. The largest absolute Gasteiger partial charge is 0.481 e. The fraction of sp³-hybridized carbons (Fsp3) is 0.750. The van der Waals surface area contributed by atoms with Crippen molar-refractivity contribution in [2.24, 2.45) is 11.3 Å². The van der Waals surface area contributed by atoms with Gasteiger partial charge in [0.15, 0.2) is 0 Å². The molecule has 138 valence electrons. The Labute approximate surface area is 146 Å². The highest BCUT2D eigenvalue weighted by Crippen LogP contribution is 2.44. The molecule has 9 heteroatoms. The number of hydrogen-bond donors (Lipinski definition) is 1. The first-order chi connectivity index (χ1) is 11.8. The Morgan fingerprint density at radius 1 is 1.40 bits per heavy atom. The Kier molecular flexibility index (Phi) is 3.93. The molecule has 3 aliphatic rings. The molecule has 0 bridgehead atoms. The molecule has 0 amide bonds. The second kappa shape index (κ2) is 5.78. The van der Waals surface area contributed by atoms with Crippen LogP contribution in [0.3, 0.4) is 0 Å². The van der Waals surface area contributed by atoms with Crippen LogP contribution in [0, 0.1) is 11.3 Å². The van der Waals surface area contributed by atoms with Gasteiger partial charge in [0.25, 0.3) is 0 Å². The third kappa shape index (κ3) is 2.88. The Morgan fingerprint density at radius 2 is 2.16 bits per heavy atom. The lowest BCUT2D eigenvalue weighted by molar-refractivity contribution is -0.148. The fourth-order valence-corrected chi connectivity index (χ4v) is 5.33. The average Bonchev–Trinajstić information content (AvgIpc) is 3.03. The van der Waals surface area contributed by atoms with E-state index in [0.29, 0.717) is 25.6 Å². The predicted molar refractivity (Wildman–Crippen MR) is 88.3 cm³/mol. The number of nitrogens with zero attached hydrogens (tertiary/aromatic N) is 3. The smallest absolute Gasteiger partial charge is 0.312 e. The van der Waals surface area contributed by atoms with Crippen molar-refractivity contribution in [3.63, 3.8) is 0 Å². The van der Waals surface area contributed by atoms with Crippen LogP contribution in [0.4, 0.5) is 0 Å². The second-order valence-corrected chi connectivity index (χ2v) is 9.77. The summed E-state index contributed by atoms with van der Waals surface area (Å²) in [5.41, 5.74) is -0.203. The van der Waals surface area contributed by atoms with Crippen LogP contribution in [0.25, 0.3) is 0 Å². The van der Waals surface area contributed by atoms with Gasteiger partial charge < -0.3 is 9.63 Å². The van der Waals surface area contributed by atoms with E-state index in [1.54, 1.807) is 6.92 Å². The van der Waals surface area contributed by atoms with Crippen LogP contribution < -0.4 is 0 Å². The van der Waals surface area contributed by atoms with E-state index in [0.717, 1.165) is 24.3 Å². The molecule has 0 spiro atoms. The highest BCUT2D eigenvalue weighted by Gasteiger charge is 2.59. The van der Waals surface area contributed by atoms with E-state index in [4.69, 9.17) is 4.52 Å². The van der Waals surface area contributed by atoms with E-state index in [1.165, 1.54) is 4.31 Å². The van der Waals surface area contributed by atoms with E-state index in [9.17, 15) is 18.3 Å². The molecule has 1 aliphatic carbocycles. The Balaban J connectivity index is 1.48. The van der Waals surface area contributed by atoms with Crippen LogP contribution in [0.1, 0.15) is 37.1 Å². The van der Waals surface area contributed by atoms with Crippen molar-refractivity contribution in [3.05, 3.63) is 17.5 Å². The zero-order chi connectivity index (χ0) is 17.8. The lowest BCUT2D eigenvalue weighted by Crippen LogP contribution is -2.42. The average molecular weight is 369 g/mol. The van der Waals surface area contributed by atoms with E-state index in [-0.39, 0.29) is 24.8 Å². The minimum atomic E-state index is -3.36. The summed E-state index contributed by atoms with van der Waals surface area (Å²) in [6.45, 7) is 3.38. The number of carboxylic acid groups (broad SMARTS) is 1. The van der Waals surface area contributed by atoms with Gasteiger partial charge in [-0.3, -0.25) is 9.69 Å². The number of rotatable bonds is 6. The summed E-state index contributed by atoms with van der Waals surface area (Å²) >= 11 is 0. The molecule has 0 aromatic carbocycles. The molecule has 0 unspecified atom stereocenters. The number of carbonyl (C=O) groups is 1. The van der Waals surface area contributed by atoms with E-state index in [1.807, 2.05) is 6.07 Å². The van der Waals surface area contributed by atoms with Crippen molar-refractivity contribution < 1.29 is 22.8 Å². The van der Waals surface area contributed by atoms with Crippen LogP contribution in [0.5, 0.6) is 0 Å². The summed E-state index contributed by atoms with van der Waals surface area (Å²) in [6.07, 6.45) is 2.29. The van der Waals surface area contributed by atoms with Crippen molar-refractivity contribution in [2.45, 2.75) is 32.2 Å². The highest BCUT2D eigenvalue weighted by atomic mass is 32.2. The van der Waals surface area contributed by atoms with Gasteiger partial charge in [-0.05, 0) is 19.8 Å². The lowest BCUT2D eigenvalue weighted by atomic mass is 9.81. The number of carboxylic acids is 1. The molecule has 3 fully saturated rings. The minimum absolute atomic E-state index is 0.00200. The number of fused-ring (bicyclic) bond motifs is 1. The monoisotopic (exact) mass is 369 g/mol. The van der Waals surface area contributed by atoms with Gasteiger partial charge in [-0.1, -0.05) is 5.16 Å². The van der Waals surface area contributed by atoms with Gasteiger partial charge in [-0.2, -0.15) is 0 Å². The maximum absolute atomic E-state index is 12.1. The summed E-state index contributed by atoms with van der Waals surface area (Å²) in [4.78, 5) is 14.0. The number of likely N-dealkylation sites (tertiary alicyclic amines) is 1. The normalized spacial score (nSPS) is 30.7. The molecule has 8 nitrogen and oxygen atoms in total. The lowest BCUT2D eigenvalue weighted by Gasteiger charge is -2.24. The van der Waals surface area contributed by atoms with E-state index >= 15 is 0 Å². The van der Waals surface area contributed by atoms with Crippen LogP contribution >= 0.6 is 0 Å². The van der Waals surface area contributed by atoms with Crippen molar-refractivity contribution in [3.8, 4) is 0 Å². The maximum Gasteiger partial charge on any atom is 0.312 e. The molecule has 25 heavy (non-hydrogen) atoms. The first-order valence-electron chi connectivity index (χ1n) is 8.73. The van der Waals surface area contributed by atoms with Gasteiger partial charge in [-0.15, -0.1) is 0 Å². The van der Waals surface area contributed by atoms with Crippen LogP contribution in [0.2, 0.25) is 0 Å². The van der Waals surface area contributed by atoms with Crippen molar-refractivity contribution in [1.82, 2.24) is 14.4 Å². The first kappa shape index (κ1) is 17.0. The van der Waals surface area contributed by atoms with Gasteiger partial charge in [0.05, 0.1) is 16.9 Å². The summed E-state index contributed by atoms with van der Waals surface area (Å²) < 4.78 is 31.0. The summed E-state index contributed by atoms with van der Waals surface area (Å²) in [6, 6.07) is 1.97. The molecule has 1 aromatic heterocycles. The van der Waals surface area contributed by atoms with Gasteiger partial charge in [0.1, 0.15) is 5.76 Å². The fourth-order valence-electron chi connectivity index (χ4n) is 4.13. The minimum Gasteiger partial charge on any atom is -0.481 e. The number of sulfonamides is 1. The molecular weight excluding hydrogens is 346 g/mol. The molecule has 1 saturated carbocycles. The second-order valence-electron chi connectivity index (χ2n) is 7.52. The van der Waals surface area contributed by atoms with Crippen molar-refractivity contribution >= 4 is 16.0 Å². The number of hydrogen-bond acceptors (Lipinski definition) is 6. The Bertz CT molecular complexity index is 787. The molecule has 2 atom stereocenters. The van der Waals surface area contributed by atoms with E-state index in [2.05, 4.69) is 10.1 Å². The summed E-state index contributed by atoms with van der Waals surface area (Å²) in [7, 11) is -3.36.